The molecule has 4 N–H and O–H groups in total. The third-order valence-corrected chi connectivity index (χ3v) is 4.26. The predicted octanol–water partition coefficient (Wildman–Crippen LogP) is 1.72. The van der Waals surface area contributed by atoms with Gasteiger partial charge in [-0.1, -0.05) is 18.2 Å². The van der Waals surface area contributed by atoms with Crippen molar-refractivity contribution in [2.75, 3.05) is 32.0 Å². The molecule has 0 radical (unpaired) electrons. The number of nitrogen functional groups attached to an aromatic ring is 1. The van der Waals surface area contributed by atoms with Crippen molar-refractivity contribution in [2.24, 2.45) is 5.92 Å². The van der Waals surface area contributed by atoms with Crippen molar-refractivity contribution in [1.29, 1.82) is 0 Å². The SMILES string of the molecule is Nc1cc(CCCNC(=O)NC[C@@H]2CCOC2)nn1-c1ccccc1. The van der Waals surface area contributed by atoms with Crippen LogP contribution in [-0.2, 0) is 11.2 Å². The molecule has 1 fully saturated rings. The monoisotopic (exact) mass is 343 g/mol. The largest absolute Gasteiger partial charge is 0.384 e. The van der Waals surface area contributed by atoms with Gasteiger partial charge >= 0.3 is 6.03 Å². The maximum absolute atomic E-state index is 11.8. The number of para-hydroxylation sites is 1. The molecular formula is C18H25N5O2. The molecule has 0 saturated carbocycles. The molecule has 7 heteroatoms. The van der Waals surface area contributed by atoms with Gasteiger partial charge < -0.3 is 21.1 Å². The molecule has 0 unspecified atom stereocenters. The summed E-state index contributed by atoms with van der Waals surface area (Å²) in [5.74, 6) is 1.06. The summed E-state index contributed by atoms with van der Waals surface area (Å²) in [6, 6.07) is 11.6. The fraction of sp³-hybridized carbons (Fsp3) is 0.444. The minimum atomic E-state index is -0.124. The van der Waals surface area contributed by atoms with E-state index < -0.39 is 0 Å². The van der Waals surface area contributed by atoms with E-state index >= 15 is 0 Å². The number of hydrogen-bond donors (Lipinski definition) is 3. The van der Waals surface area contributed by atoms with E-state index in [9.17, 15) is 4.79 Å². The summed E-state index contributed by atoms with van der Waals surface area (Å²) in [7, 11) is 0. The summed E-state index contributed by atoms with van der Waals surface area (Å²) < 4.78 is 7.02. The number of carbonyl (C=O) groups excluding carboxylic acids is 1. The maximum Gasteiger partial charge on any atom is 0.314 e. The Balaban J connectivity index is 1.38. The lowest BCUT2D eigenvalue weighted by Gasteiger charge is -2.10. The van der Waals surface area contributed by atoms with Crippen molar-refractivity contribution in [1.82, 2.24) is 20.4 Å². The summed E-state index contributed by atoms with van der Waals surface area (Å²) in [4.78, 5) is 11.8. The number of ether oxygens (including phenoxy) is 1. The van der Waals surface area contributed by atoms with Crippen LogP contribution < -0.4 is 16.4 Å². The van der Waals surface area contributed by atoms with E-state index in [1.54, 1.807) is 4.68 Å². The first-order valence-corrected chi connectivity index (χ1v) is 8.71. The van der Waals surface area contributed by atoms with E-state index in [1.165, 1.54) is 0 Å². The number of anilines is 1. The number of urea groups is 1. The van der Waals surface area contributed by atoms with Crippen molar-refractivity contribution in [3.63, 3.8) is 0 Å². The minimum Gasteiger partial charge on any atom is -0.384 e. The van der Waals surface area contributed by atoms with Crippen LogP contribution >= 0.6 is 0 Å². The molecule has 1 aliphatic heterocycles. The second-order valence-electron chi connectivity index (χ2n) is 6.28. The van der Waals surface area contributed by atoms with Crippen LogP contribution in [0.3, 0.4) is 0 Å². The maximum atomic E-state index is 11.8. The molecule has 134 valence electrons. The predicted molar refractivity (Wildman–Crippen MR) is 96.6 cm³/mol. The number of rotatable bonds is 7. The standard InChI is InChI=1S/C18H25N5O2/c19-17-11-15(22-23(17)16-6-2-1-3-7-16)5-4-9-20-18(24)21-12-14-8-10-25-13-14/h1-3,6-7,11,14H,4-5,8-10,12-13,19H2,(H2,20,21,24)/t14-/m0/s1. The molecule has 2 aromatic rings. The van der Waals surface area contributed by atoms with E-state index in [4.69, 9.17) is 10.5 Å². The molecule has 7 nitrogen and oxygen atoms in total. The lowest BCUT2D eigenvalue weighted by Crippen LogP contribution is -2.38. The van der Waals surface area contributed by atoms with Crippen LogP contribution in [0.2, 0.25) is 0 Å². The molecule has 1 aliphatic rings. The first-order valence-electron chi connectivity index (χ1n) is 8.71. The van der Waals surface area contributed by atoms with Crippen molar-refractivity contribution >= 4 is 11.8 Å². The van der Waals surface area contributed by atoms with Crippen molar-refractivity contribution in [3.05, 3.63) is 42.1 Å². The van der Waals surface area contributed by atoms with Crippen LogP contribution in [0.4, 0.5) is 10.6 Å². The number of nitrogens with two attached hydrogens (primary N) is 1. The van der Waals surface area contributed by atoms with Gasteiger partial charge in [0.15, 0.2) is 0 Å². The highest BCUT2D eigenvalue weighted by atomic mass is 16.5. The molecule has 3 rings (SSSR count). The zero-order chi connectivity index (χ0) is 17.5. The Labute approximate surface area is 147 Å². The fourth-order valence-electron chi connectivity index (χ4n) is 2.86. The van der Waals surface area contributed by atoms with E-state index in [0.29, 0.717) is 24.8 Å². The highest BCUT2D eigenvalue weighted by Gasteiger charge is 2.16. The van der Waals surface area contributed by atoms with E-state index in [-0.39, 0.29) is 6.03 Å². The fourth-order valence-corrected chi connectivity index (χ4v) is 2.86. The Kier molecular flexibility index (Phi) is 5.90. The van der Waals surface area contributed by atoms with Gasteiger partial charge in [-0.15, -0.1) is 0 Å². The van der Waals surface area contributed by atoms with Gasteiger partial charge in [0.25, 0.3) is 0 Å². The summed E-state index contributed by atoms with van der Waals surface area (Å²) in [5, 5.41) is 10.3. The summed E-state index contributed by atoms with van der Waals surface area (Å²) >= 11 is 0. The number of carbonyl (C=O) groups is 1. The van der Waals surface area contributed by atoms with Crippen LogP contribution in [0.15, 0.2) is 36.4 Å². The normalized spacial score (nSPS) is 16.7. The first-order chi connectivity index (χ1) is 12.2. The lowest BCUT2D eigenvalue weighted by molar-refractivity contribution is 0.185. The molecule has 1 aromatic carbocycles. The smallest absolute Gasteiger partial charge is 0.314 e. The second kappa shape index (κ2) is 8.53. The molecular weight excluding hydrogens is 318 g/mol. The summed E-state index contributed by atoms with van der Waals surface area (Å²) in [6.07, 6.45) is 2.59. The number of amides is 2. The van der Waals surface area contributed by atoms with Crippen molar-refractivity contribution in [2.45, 2.75) is 19.3 Å². The second-order valence-corrected chi connectivity index (χ2v) is 6.28. The zero-order valence-electron chi connectivity index (χ0n) is 14.3. The molecule has 0 spiro atoms. The van der Waals surface area contributed by atoms with Crippen molar-refractivity contribution in [3.8, 4) is 5.69 Å². The molecule has 2 amide bonds. The van der Waals surface area contributed by atoms with Crippen LogP contribution in [0.25, 0.3) is 5.69 Å². The summed E-state index contributed by atoms with van der Waals surface area (Å²) in [5.41, 5.74) is 7.90. The molecule has 1 atom stereocenters. The van der Waals surface area contributed by atoms with Crippen LogP contribution in [0.1, 0.15) is 18.5 Å². The Morgan fingerprint density at radius 1 is 1.32 bits per heavy atom. The number of aromatic nitrogens is 2. The highest BCUT2D eigenvalue weighted by molar-refractivity contribution is 5.73. The minimum absolute atomic E-state index is 0.124. The van der Waals surface area contributed by atoms with Crippen LogP contribution in [-0.4, -0.2) is 42.1 Å². The Morgan fingerprint density at radius 2 is 2.16 bits per heavy atom. The van der Waals surface area contributed by atoms with Crippen molar-refractivity contribution < 1.29 is 9.53 Å². The molecule has 25 heavy (non-hydrogen) atoms. The molecule has 1 saturated heterocycles. The quantitative estimate of drug-likeness (QED) is 0.667. The number of benzene rings is 1. The first kappa shape index (κ1) is 17.3. The van der Waals surface area contributed by atoms with Gasteiger partial charge in [-0.25, -0.2) is 9.48 Å². The Bertz CT molecular complexity index is 680. The van der Waals surface area contributed by atoms with Gasteiger partial charge in [0.1, 0.15) is 5.82 Å². The zero-order valence-corrected chi connectivity index (χ0v) is 14.3. The van der Waals surface area contributed by atoms with E-state index in [1.807, 2.05) is 36.4 Å². The van der Waals surface area contributed by atoms with Gasteiger partial charge in [0, 0.05) is 31.7 Å². The highest BCUT2D eigenvalue weighted by Crippen LogP contribution is 2.15. The van der Waals surface area contributed by atoms with E-state index in [2.05, 4.69) is 15.7 Å². The van der Waals surface area contributed by atoms with Gasteiger partial charge in [-0.3, -0.25) is 0 Å². The third-order valence-electron chi connectivity index (χ3n) is 4.26. The summed E-state index contributed by atoms with van der Waals surface area (Å²) in [6.45, 7) is 2.81. The molecule has 0 aliphatic carbocycles. The van der Waals surface area contributed by atoms with Crippen LogP contribution in [0, 0.1) is 5.92 Å². The van der Waals surface area contributed by atoms with Gasteiger partial charge in [-0.05, 0) is 31.4 Å². The molecule has 1 aromatic heterocycles. The Hall–Kier alpha value is -2.54. The third kappa shape index (κ3) is 4.96. The average molecular weight is 343 g/mol. The van der Waals surface area contributed by atoms with Gasteiger partial charge in [0.2, 0.25) is 0 Å². The Morgan fingerprint density at radius 3 is 2.92 bits per heavy atom. The molecule has 2 heterocycles. The topological polar surface area (TPSA) is 94.2 Å². The number of nitrogens with one attached hydrogen (secondary N) is 2. The lowest BCUT2D eigenvalue weighted by atomic mass is 10.1. The number of hydrogen-bond acceptors (Lipinski definition) is 4. The molecule has 0 bridgehead atoms. The van der Waals surface area contributed by atoms with E-state index in [0.717, 1.165) is 43.9 Å². The van der Waals surface area contributed by atoms with Gasteiger partial charge in [0.05, 0.1) is 18.0 Å². The van der Waals surface area contributed by atoms with Crippen LogP contribution in [0.5, 0.6) is 0 Å². The number of aryl methyl sites for hydroxylation is 1. The van der Waals surface area contributed by atoms with Gasteiger partial charge in [-0.2, -0.15) is 5.10 Å². The average Bonchev–Trinajstić information content (AvgIpc) is 3.27. The number of nitrogens with zero attached hydrogens (tertiary/aromatic N) is 2.